The molecule has 0 radical (unpaired) electrons. The van der Waals surface area contributed by atoms with Gasteiger partial charge >= 0.3 is 0 Å². The van der Waals surface area contributed by atoms with E-state index >= 15 is 0 Å². The molecule has 0 amide bonds. The summed E-state index contributed by atoms with van der Waals surface area (Å²) in [6.45, 7) is 1.09. The Balaban J connectivity index is 1.81. The molecule has 0 aliphatic carbocycles. The summed E-state index contributed by atoms with van der Waals surface area (Å²) in [7, 11) is 1.56. The van der Waals surface area contributed by atoms with Crippen LogP contribution in [0.4, 0.5) is 0 Å². The SMILES string of the molecule is COc1ncnc2c1[nH]c(=S)n2CCOc1ccccc1. The van der Waals surface area contributed by atoms with Gasteiger partial charge in [-0.25, -0.2) is 4.98 Å². The monoisotopic (exact) mass is 302 g/mol. The molecule has 108 valence electrons. The third-order valence-corrected chi connectivity index (χ3v) is 3.37. The van der Waals surface area contributed by atoms with Crippen molar-refractivity contribution in [3.8, 4) is 11.6 Å². The van der Waals surface area contributed by atoms with Gasteiger partial charge in [0, 0.05) is 0 Å². The molecule has 0 saturated heterocycles. The topological polar surface area (TPSA) is 65.0 Å². The standard InChI is InChI=1S/C14H14N4O2S/c1-19-13-11-12(15-9-16-13)18(14(21)17-11)7-8-20-10-5-3-2-4-6-10/h2-6,9H,7-8H2,1H3,(H,17,21). The first-order valence-electron chi connectivity index (χ1n) is 6.45. The Hall–Kier alpha value is -2.41. The second-order valence-electron chi connectivity index (χ2n) is 4.32. The Kier molecular flexibility index (Phi) is 3.83. The normalized spacial score (nSPS) is 10.7. The molecule has 6 nitrogen and oxygen atoms in total. The van der Waals surface area contributed by atoms with Crippen LogP contribution in [-0.4, -0.2) is 33.2 Å². The summed E-state index contributed by atoms with van der Waals surface area (Å²) in [5.74, 6) is 1.31. The van der Waals surface area contributed by atoms with Gasteiger partial charge in [0.2, 0.25) is 5.88 Å². The number of para-hydroxylation sites is 1. The summed E-state index contributed by atoms with van der Waals surface area (Å²) in [6, 6.07) is 9.65. The third kappa shape index (κ3) is 2.73. The summed E-state index contributed by atoms with van der Waals surface area (Å²) in [5.41, 5.74) is 1.41. The molecule has 7 heteroatoms. The quantitative estimate of drug-likeness (QED) is 0.734. The van der Waals surface area contributed by atoms with Crippen molar-refractivity contribution in [2.24, 2.45) is 0 Å². The number of nitrogens with one attached hydrogen (secondary N) is 1. The van der Waals surface area contributed by atoms with Crippen molar-refractivity contribution >= 4 is 23.4 Å². The molecule has 0 spiro atoms. The van der Waals surface area contributed by atoms with E-state index in [0.717, 1.165) is 5.75 Å². The largest absolute Gasteiger partial charge is 0.492 e. The molecule has 21 heavy (non-hydrogen) atoms. The van der Waals surface area contributed by atoms with Gasteiger partial charge in [0.15, 0.2) is 10.4 Å². The zero-order chi connectivity index (χ0) is 14.7. The molecule has 3 rings (SSSR count). The van der Waals surface area contributed by atoms with Crippen molar-refractivity contribution in [3.63, 3.8) is 0 Å². The number of aromatic amines is 1. The van der Waals surface area contributed by atoms with Gasteiger partial charge in [-0.05, 0) is 24.4 Å². The number of nitrogens with zero attached hydrogens (tertiary/aromatic N) is 3. The van der Waals surface area contributed by atoms with Crippen LogP contribution in [0.5, 0.6) is 11.6 Å². The molecule has 3 aromatic rings. The van der Waals surface area contributed by atoms with Gasteiger partial charge in [-0.2, -0.15) is 4.98 Å². The van der Waals surface area contributed by atoms with E-state index in [1.54, 1.807) is 7.11 Å². The fraction of sp³-hybridized carbons (Fsp3) is 0.214. The second kappa shape index (κ2) is 5.92. The van der Waals surface area contributed by atoms with Crippen LogP contribution in [0.25, 0.3) is 11.2 Å². The number of benzene rings is 1. The van der Waals surface area contributed by atoms with Gasteiger partial charge in [-0.3, -0.25) is 4.57 Å². The molecular weight excluding hydrogens is 288 g/mol. The van der Waals surface area contributed by atoms with Crippen LogP contribution in [0.2, 0.25) is 0 Å². The highest BCUT2D eigenvalue weighted by molar-refractivity contribution is 7.71. The lowest BCUT2D eigenvalue weighted by Gasteiger charge is -2.07. The van der Waals surface area contributed by atoms with Crippen molar-refractivity contribution in [1.29, 1.82) is 0 Å². The summed E-state index contributed by atoms with van der Waals surface area (Å²) < 4.78 is 13.3. The number of rotatable bonds is 5. The molecule has 1 aromatic carbocycles. The maximum Gasteiger partial charge on any atom is 0.242 e. The number of ether oxygens (including phenoxy) is 2. The maximum absolute atomic E-state index is 5.68. The number of methoxy groups -OCH3 is 1. The molecule has 0 bridgehead atoms. The lowest BCUT2D eigenvalue weighted by molar-refractivity contribution is 0.299. The van der Waals surface area contributed by atoms with Crippen LogP contribution in [-0.2, 0) is 6.54 Å². The van der Waals surface area contributed by atoms with Crippen LogP contribution in [0, 0.1) is 4.77 Å². The second-order valence-corrected chi connectivity index (χ2v) is 4.71. The van der Waals surface area contributed by atoms with E-state index in [2.05, 4.69) is 15.0 Å². The van der Waals surface area contributed by atoms with Gasteiger partial charge in [-0.1, -0.05) is 18.2 Å². The van der Waals surface area contributed by atoms with E-state index in [-0.39, 0.29) is 0 Å². The van der Waals surface area contributed by atoms with E-state index < -0.39 is 0 Å². The number of imidazole rings is 1. The first-order valence-corrected chi connectivity index (χ1v) is 6.86. The summed E-state index contributed by atoms with van der Waals surface area (Å²) in [5, 5.41) is 0. The predicted molar refractivity (Wildman–Crippen MR) is 81.2 cm³/mol. The van der Waals surface area contributed by atoms with E-state index in [4.69, 9.17) is 21.7 Å². The Morgan fingerprint density at radius 2 is 2.05 bits per heavy atom. The van der Waals surface area contributed by atoms with Crippen molar-refractivity contribution < 1.29 is 9.47 Å². The maximum atomic E-state index is 5.68. The number of aromatic nitrogens is 4. The van der Waals surface area contributed by atoms with Crippen molar-refractivity contribution in [2.75, 3.05) is 13.7 Å². The fourth-order valence-electron chi connectivity index (χ4n) is 2.08. The minimum atomic E-state index is 0.480. The Morgan fingerprint density at radius 1 is 1.24 bits per heavy atom. The minimum absolute atomic E-state index is 0.480. The zero-order valence-corrected chi connectivity index (χ0v) is 12.3. The van der Waals surface area contributed by atoms with E-state index in [9.17, 15) is 0 Å². The smallest absolute Gasteiger partial charge is 0.242 e. The molecule has 1 N–H and O–H groups in total. The van der Waals surface area contributed by atoms with Crippen molar-refractivity contribution in [2.45, 2.75) is 6.54 Å². The van der Waals surface area contributed by atoms with Gasteiger partial charge in [-0.15, -0.1) is 0 Å². The average molecular weight is 302 g/mol. The highest BCUT2D eigenvalue weighted by Gasteiger charge is 2.11. The number of fused-ring (bicyclic) bond motifs is 1. The summed E-state index contributed by atoms with van der Waals surface area (Å²) in [4.78, 5) is 11.4. The Morgan fingerprint density at radius 3 is 2.81 bits per heavy atom. The highest BCUT2D eigenvalue weighted by Crippen LogP contribution is 2.19. The van der Waals surface area contributed by atoms with Crippen LogP contribution < -0.4 is 9.47 Å². The zero-order valence-electron chi connectivity index (χ0n) is 11.4. The molecule has 0 saturated carbocycles. The first-order chi connectivity index (χ1) is 10.3. The molecule has 0 atom stereocenters. The third-order valence-electron chi connectivity index (χ3n) is 3.05. The van der Waals surface area contributed by atoms with Crippen molar-refractivity contribution in [3.05, 3.63) is 41.4 Å². The lowest BCUT2D eigenvalue weighted by atomic mass is 10.3. The number of hydrogen-bond donors (Lipinski definition) is 1. The van der Waals surface area contributed by atoms with Gasteiger partial charge in [0.25, 0.3) is 0 Å². The number of H-pyrrole nitrogens is 1. The minimum Gasteiger partial charge on any atom is -0.492 e. The highest BCUT2D eigenvalue weighted by atomic mass is 32.1. The molecule has 0 aliphatic rings. The van der Waals surface area contributed by atoms with Crippen LogP contribution >= 0.6 is 12.2 Å². The number of hydrogen-bond acceptors (Lipinski definition) is 5. The summed E-state index contributed by atoms with van der Waals surface area (Å²) >= 11 is 5.32. The average Bonchev–Trinajstić information content (AvgIpc) is 2.84. The molecule has 2 heterocycles. The van der Waals surface area contributed by atoms with E-state index in [1.165, 1.54) is 6.33 Å². The molecule has 0 unspecified atom stereocenters. The van der Waals surface area contributed by atoms with Crippen LogP contribution in [0.3, 0.4) is 0 Å². The Bertz CT molecular complexity index is 798. The van der Waals surface area contributed by atoms with Gasteiger partial charge < -0.3 is 14.5 Å². The van der Waals surface area contributed by atoms with Gasteiger partial charge in [0.1, 0.15) is 24.2 Å². The summed E-state index contributed by atoms with van der Waals surface area (Å²) in [6.07, 6.45) is 1.46. The molecule has 0 aliphatic heterocycles. The first kappa shape index (κ1) is 13.6. The molecule has 0 fully saturated rings. The molecular formula is C14H14N4O2S. The predicted octanol–water partition coefficient (Wildman–Crippen LogP) is 2.58. The van der Waals surface area contributed by atoms with Crippen LogP contribution in [0.15, 0.2) is 36.7 Å². The fourth-order valence-corrected chi connectivity index (χ4v) is 2.36. The Labute approximate surface area is 126 Å². The van der Waals surface area contributed by atoms with E-state index in [1.807, 2.05) is 34.9 Å². The lowest BCUT2D eigenvalue weighted by Crippen LogP contribution is -2.08. The van der Waals surface area contributed by atoms with Crippen LogP contribution in [0.1, 0.15) is 0 Å². The van der Waals surface area contributed by atoms with Gasteiger partial charge in [0.05, 0.1) is 13.7 Å². The molecule has 2 aromatic heterocycles. The van der Waals surface area contributed by atoms with Crippen molar-refractivity contribution in [1.82, 2.24) is 19.5 Å². The van der Waals surface area contributed by atoms with E-state index in [0.29, 0.717) is 35.0 Å².